The van der Waals surface area contributed by atoms with E-state index in [-0.39, 0.29) is 18.4 Å². The summed E-state index contributed by atoms with van der Waals surface area (Å²) in [6.07, 6.45) is 3.09. The van der Waals surface area contributed by atoms with Gasteiger partial charge in [0.2, 0.25) is 11.8 Å². The first-order valence-corrected chi connectivity index (χ1v) is 8.86. The number of ether oxygens (including phenoxy) is 2. The highest BCUT2D eigenvalue weighted by atomic mass is 16.5. The van der Waals surface area contributed by atoms with Crippen molar-refractivity contribution in [1.82, 2.24) is 4.90 Å². The van der Waals surface area contributed by atoms with Crippen LogP contribution in [0.1, 0.15) is 16.7 Å². The predicted molar refractivity (Wildman–Crippen MR) is 111 cm³/mol. The largest absolute Gasteiger partial charge is 0.493 e. The van der Waals surface area contributed by atoms with Gasteiger partial charge in [-0.05, 0) is 54.8 Å². The SMILES string of the molecule is COc1ccc(/C=C/C(=O)N(C)CC(=O)Nc2cc(C)ccc2C)cc1OC. The fraction of sp³-hybridized carbons (Fsp3) is 0.273. The zero-order valence-corrected chi connectivity index (χ0v) is 16.9. The highest BCUT2D eigenvalue weighted by Gasteiger charge is 2.12. The number of carbonyl (C=O) groups is 2. The normalized spacial score (nSPS) is 10.6. The van der Waals surface area contributed by atoms with Gasteiger partial charge < -0.3 is 19.7 Å². The third-order valence-electron chi connectivity index (χ3n) is 4.25. The van der Waals surface area contributed by atoms with Gasteiger partial charge in [0.25, 0.3) is 0 Å². The fourth-order valence-electron chi connectivity index (χ4n) is 2.60. The van der Waals surface area contributed by atoms with Crippen molar-refractivity contribution in [3.8, 4) is 11.5 Å². The Morgan fingerprint density at radius 2 is 1.75 bits per heavy atom. The van der Waals surface area contributed by atoms with Crippen molar-refractivity contribution in [1.29, 1.82) is 0 Å². The fourth-order valence-corrected chi connectivity index (χ4v) is 2.60. The summed E-state index contributed by atoms with van der Waals surface area (Å²) in [6, 6.07) is 11.2. The van der Waals surface area contributed by atoms with E-state index in [1.165, 1.54) is 11.0 Å². The van der Waals surface area contributed by atoms with Crippen LogP contribution in [0.25, 0.3) is 6.08 Å². The Morgan fingerprint density at radius 1 is 1.04 bits per heavy atom. The molecule has 0 aliphatic carbocycles. The summed E-state index contributed by atoms with van der Waals surface area (Å²) in [5, 5.41) is 2.85. The van der Waals surface area contributed by atoms with Crippen molar-refractivity contribution in [2.75, 3.05) is 33.1 Å². The van der Waals surface area contributed by atoms with E-state index >= 15 is 0 Å². The number of methoxy groups -OCH3 is 2. The van der Waals surface area contributed by atoms with Crippen LogP contribution in [0.3, 0.4) is 0 Å². The van der Waals surface area contributed by atoms with Gasteiger partial charge in [0.1, 0.15) is 0 Å². The maximum atomic E-state index is 12.3. The average Bonchev–Trinajstić information content (AvgIpc) is 2.68. The van der Waals surface area contributed by atoms with Gasteiger partial charge in [-0.2, -0.15) is 0 Å². The summed E-state index contributed by atoms with van der Waals surface area (Å²) in [6.45, 7) is 3.85. The molecule has 0 saturated carbocycles. The number of amides is 2. The number of rotatable bonds is 7. The molecule has 6 nitrogen and oxygen atoms in total. The average molecular weight is 382 g/mol. The molecule has 0 aromatic heterocycles. The van der Waals surface area contributed by atoms with Crippen molar-refractivity contribution in [2.24, 2.45) is 0 Å². The molecule has 148 valence electrons. The lowest BCUT2D eigenvalue weighted by Gasteiger charge is -2.16. The summed E-state index contributed by atoms with van der Waals surface area (Å²) in [5.41, 5.74) is 3.58. The number of anilines is 1. The van der Waals surface area contributed by atoms with Crippen LogP contribution in [-0.4, -0.2) is 44.5 Å². The molecule has 2 rings (SSSR count). The zero-order chi connectivity index (χ0) is 20.7. The standard InChI is InChI=1S/C22H26N2O4/c1-15-6-7-16(2)18(12-15)23-21(25)14-24(3)22(26)11-9-17-8-10-19(27-4)20(13-17)28-5/h6-13H,14H2,1-5H3,(H,23,25)/b11-9+. The molecule has 28 heavy (non-hydrogen) atoms. The van der Waals surface area contributed by atoms with E-state index in [1.54, 1.807) is 39.5 Å². The molecular weight excluding hydrogens is 356 g/mol. The van der Waals surface area contributed by atoms with E-state index < -0.39 is 0 Å². The Bertz CT molecular complexity index is 890. The van der Waals surface area contributed by atoms with Gasteiger partial charge in [-0.15, -0.1) is 0 Å². The molecule has 2 aromatic carbocycles. The number of likely N-dealkylation sites (N-methyl/N-ethyl adjacent to an activating group) is 1. The number of carbonyl (C=O) groups excluding carboxylic acids is 2. The number of nitrogens with zero attached hydrogens (tertiary/aromatic N) is 1. The molecule has 6 heteroatoms. The van der Waals surface area contributed by atoms with Gasteiger partial charge in [0, 0.05) is 18.8 Å². The van der Waals surface area contributed by atoms with E-state index in [0.717, 1.165) is 22.4 Å². The van der Waals surface area contributed by atoms with Crippen molar-refractivity contribution in [3.63, 3.8) is 0 Å². The van der Waals surface area contributed by atoms with Crippen molar-refractivity contribution >= 4 is 23.6 Å². The van der Waals surface area contributed by atoms with Crippen LogP contribution in [0.5, 0.6) is 11.5 Å². The molecule has 0 heterocycles. The number of nitrogens with one attached hydrogen (secondary N) is 1. The summed E-state index contributed by atoms with van der Waals surface area (Å²) < 4.78 is 10.4. The molecule has 0 radical (unpaired) electrons. The van der Waals surface area contributed by atoms with E-state index in [0.29, 0.717) is 11.5 Å². The second-order valence-electron chi connectivity index (χ2n) is 6.51. The third-order valence-corrected chi connectivity index (χ3v) is 4.25. The molecule has 0 aliphatic rings. The number of aryl methyl sites for hydroxylation is 2. The second-order valence-corrected chi connectivity index (χ2v) is 6.51. The van der Waals surface area contributed by atoms with Crippen LogP contribution in [0.15, 0.2) is 42.5 Å². The summed E-state index contributed by atoms with van der Waals surface area (Å²) >= 11 is 0. The zero-order valence-electron chi connectivity index (χ0n) is 16.9. The van der Waals surface area contributed by atoms with Crippen LogP contribution in [0, 0.1) is 13.8 Å². The lowest BCUT2D eigenvalue weighted by Crippen LogP contribution is -2.34. The molecule has 2 aromatic rings. The maximum Gasteiger partial charge on any atom is 0.246 e. The Kier molecular flexibility index (Phi) is 7.21. The summed E-state index contributed by atoms with van der Waals surface area (Å²) in [4.78, 5) is 25.9. The molecule has 1 N–H and O–H groups in total. The lowest BCUT2D eigenvalue weighted by molar-refractivity contribution is -0.129. The Balaban J connectivity index is 1.97. The Labute approximate surface area is 165 Å². The van der Waals surface area contributed by atoms with E-state index in [9.17, 15) is 9.59 Å². The summed E-state index contributed by atoms with van der Waals surface area (Å²) in [7, 11) is 4.71. The minimum Gasteiger partial charge on any atom is -0.493 e. The minimum atomic E-state index is -0.272. The van der Waals surface area contributed by atoms with Crippen molar-refractivity contribution in [3.05, 3.63) is 59.2 Å². The van der Waals surface area contributed by atoms with Crippen LogP contribution in [-0.2, 0) is 9.59 Å². The first-order valence-electron chi connectivity index (χ1n) is 8.86. The quantitative estimate of drug-likeness (QED) is 0.745. The van der Waals surface area contributed by atoms with Crippen LogP contribution in [0.4, 0.5) is 5.69 Å². The summed E-state index contributed by atoms with van der Waals surface area (Å²) in [5.74, 6) is 0.680. The molecule has 0 aliphatic heterocycles. The van der Waals surface area contributed by atoms with Gasteiger partial charge in [0.15, 0.2) is 11.5 Å². The molecule has 2 amide bonds. The monoisotopic (exact) mass is 382 g/mol. The van der Waals surface area contributed by atoms with Gasteiger partial charge in [-0.3, -0.25) is 9.59 Å². The second kappa shape index (κ2) is 9.60. The molecule has 0 bridgehead atoms. The van der Waals surface area contributed by atoms with Gasteiger partial charge in [-0.25, -0.2) is 0 Å². The van der Waals surface area contributed by atoms with Crippen LogP contribution >= 0.6 is 0 Å². The van der Waals surface area contributed by atoms with Crippen molar-refractivity contribution < 1.29 is 19.1 Å². The van der Waals surface area contributed by atoms with E-state index in [2.05, 4.69) is 5.32 Å². The first-order chi connectivity index (χ1) is 13.3. The van der Waals surface area contributed by atoms with Crippen LogP contribution < -0.4 is 14.8 Å². The number of benzene rings is 2. The maximum absolute atomic E-state index is 12.3. The molecular formula is C22H26N2O4. The smallest absolute Gasteiger partial charge is 0.246 e. The molecule has 0 saturated heterocycles. The van der Waals surface area contributed by atoms with E-state index in [1.807, 2.05) is 38.1 Å². The van der Waals surface area contributed by atoms with E-state index in [4.69, 9.17) is 9.47 Å². The lowest BCUT2D eigenvalue weighted by atomic mass is 10.1. The number of hydrogen-bond acceptors (Lipinski definition) is 4. The van der Waals surface area contributed by atoms with Gasteiger partial charge in [0.05, 0.1) is 20.8 Å². The third kappa shape index (κ3) is 5.61. The highest BCUT2D eigenvalue weighted by molar-refractivity contribution is 5.98. The molecule has 0 fully saturated rings. The van der Waals surface area contributed by atoms with Crippen molar-refractivity contribution in [2.45, 2.75) is 13.8 Å². The minimum absolute atomic E-state index is 0.0392. The molecule has 0 spiro atoms. The number of hydrogen-bond donors (Lipinski definition) is 1. The topological polar surface area (TPSA) is 67.9 Å². The highest BCUT2D eigenvalue weighted by Crippen LogP contribution is 2.28. The predicted octanol–water partition coefficient (Wildman–Crippen LogP) is 3.43. The Hall–Kier alpha value is -3.28. The molecule has 0 unspecified atom stereocenters. The first kappa shape index (κ1) is 21.0. The van der Waals surface area contributed by atoms with Crippen LogP contribution in [0.2, 0.25) is 0 Å². The van der Waals surface area contributed by atoms with Gasteiger partial charge >= 0.3 is 0 Å². The Morgan fingerprint density at radius 3 is 2.43 bits per heavy atom. The van der Waals surface area contributed by atoms with Gasteiger partial charge in [-0.1, -0.05) is 18.2 Å². The molecule has 0 atom stereocenters.